The van der Waals surface area contributed by atoms with Crippen molar-refractivity contribution in [2.75, 3.05) is 6.54 Å². The fourth-order valence-electron chi connectivity index (χ4n) is 1.54. The second-order valence-corrected chi connectivity index (χ2v) is 4.45. The van der Waals surface area contributed by atoms with Gasteiger partial charge in [0, 0.05) is 12.1 Å². The lowest BCUT2D eigenvalue weighted by molar-refractivity contribution is 0.0951. The zero-order valence-electron chi connectivity index (χ0n) is 9.34. The maximum Gasteiger partial charge on any atom is 0.251 e. The summed E-state index contributed by atoms with van der Waals surface area (Å²) in [5.41, 5.74) is 3.18. The van der Waals surface area contributed by atoms with Gasteiger partial charge < -0.3 is 5.32 Å². The average molecular weight is 203 g/mol. The monoisotopic (exact) mass is 203 g/mol. The van der Waals surface area contributed by atoms with Crippen molar-refractivity contribution in [3.8, 4) is 0 Å². The third-order valence-corrected chi connectivity index (χ3v) is 3.02. The highest BCUT2D eigenvalue weighted by Crippen LogP contribution is 2.27. The van der Waals surface area contributed by atoms with E-state index in [1.54, 1.807) is 0 Å². The first-order chi connectivity index (χ1) is 7.16. The Morgan fingerprint density at radius 3 is 2.67 bits per heavy atom. The van der Waals surface area contributed by atoms with Crippen molar-refractivity contribution in [2.24, 2.45) is 5.92 Å². The predicted molar refractivity (Wildman–Crippen MR) is 61.0 cm³/mol. The number of amides is 1. The number of nitrogens with one attached hydrogen (secondary N) is 1. The van der Waals surface area contributed by atoms with E-state index in [1.807, 2.05) is 25.1 Å². The molecule has 1 amide bonds. The van der Waals surface area contributed by atoms with Crippen LogP contribution in [0.15, 0.2) is 18.2 Å². The van der Waals surface area contributed by atoms with Crippen molar-refractivity contribution in [2.45, 2.75) is 26.7 Å². The van der Waals surface area contributed by atoms with Crippen LogP contribution in [-0.4, -0.2) is 12.5 Å². The molecular weight excluding hydrogens is 186 g/mol. The van der Waals surface area contributed by atoms with Gasteiger partial charge in [-0.05, 0) is 55.9 Å². The van der Waals surface area contributed by atoms with E-state index in [2.05, 4.69) is 12.2 Å². The Balaban J connectivity index is 2.00. The minimum absolute atomic E-state index is 0.0602. The molecule has 80 valence electrons. The summed E-state index contributed by atoms with van der Waals surface area (Å²) in [7, 11) is 0. The number of hydrogen-bond donors (Lipinski definition) is 1. The number of carbonyl (C=O) groups is 1. The van der Waals surface area contributed by atoms with Crippen molar-refractivity contribution < 1.29 is 4.79 Å². The van der Waals surface area contributed by atoms with Crippen LogP contribution < -0.4 is 5.32 Å². The number of rotatable bonds is 3. The molecule has 1 aliphatic rings. The molecule has 0 atom stereocenters. The van der Waals surface area contributed by atoms with Crippen molar-refractivity contribution in [1.82, 2.24) is 5.32 Å². The lowest BCUT2D eigenvalue weighted by Gasteiger charge is -2.06. The Hall–Kier alpha value is -1.31. The van der Waals surface area contributed by atoms with Gasteiger partial charge in [0.2, 0.25) is 0 Å². The fraction of sp³-hybridized carbons (Fsp3) is 0.462. The first kappa shape index (κ1) is 10.2. The van der Waals surface area contributed by atoms with Gasteiger partial charge >= 0.3 is 0 Å². The highest BCUT2D eigenvalue weighted by atomic mass is 16.1. The molecule has 1 aromatic rings. The van der Waals surface area contributed by atoms with Crippen molar-refractivity contribution >= 4 is 5.91 Å². The molecule has 0 unspecified atom stereocenters. The molecule has 1 aromatic carbocycles. The number of benzene rings is 1. The van der Waals surface area contributed by atoms with Gasteiger partial charge in [0.25, 0.3) is 5.91 Å². The smallest absolute Gasteiger partial charge is 0.251 e. The van der Waals surface area contributed by atoms with Crippen molar-refractivity contribution in [3.05, 3.63) is 34.9 Å². The largest absolute Gasteiger partial charge is 0.352 e. The quantitative estimate of drug-likeness (QED) is 0.803. The van der Waals surface area contributed by atoms with Crippen LogP contribution in [0.3, 0.4) is 0 Å². The molecule has 1 saturated carbocycles. The summed E-state index contributed by atoms with van der Waals surface area (Å²) in [6.45, 7) is 4.93. The average Bonchev–Trinajstić information content (AvgIpc) is 3.02. The van der Waals surface area contributed by atoms with E-state index >= 15 is 0 Å². The normalized spacial score (nSPS) is 15.1. The molecule has 2 rings (SSSR count). The molecule has 0 heterocycles. The van der Waals surface area contributed by atoms with Crippen LogP contribution >= 0.6 is 0 Å². The first-order valence-electron chi connectivity index (χ1n) is 5.52. The minimum atomic E-state index is 0.0602. The van der Waals surface area contributed by atoms with E-state index < -0.39 is 0 Å². The van der Waals surface area contributed by atoms with Gasteiger partial charge in [0.1, 0.15) is 0 Å². The molecule has 0 bridgehead atoms. The number of carbonyl (C=O) groups excluding carboxylic acids is 1. The molecule has 0 aliphatic heterocycles. The van der Waals surface area contributed by atoms with Crippen LogP contribution in [0.25, 0.3) is 0 Å². The van der Waals surface area contributed by atoms with Crippen LogP contribution in [0.1, 0.15) is 34.3 Å². The van der Waals surface area contributed by atoms with Crippen molar-refractivity contribution in [3.63, 3.8) is 0 Å². The summed E-state index contributed by atoms with van der Waals surface area (Å²) in [5, 5.41) is 2.97. The van der Waals surface area contributed by atoms with Crippen LogP contribution in [0.5, 0.6) is 0 Å². The molecule has 2 heteroatoms. The van der Waals surface area contributed by atoms with Crippen LogP contribution in [0, 0.1) is 19.8 Å². The third-order valence-electron chi connectivity index (χ3n) is 3.02. The molecule has 0 saturated heterocycles. The summed E-state index contributed by atoms with van der Waals surface area (Å²) in [5.74, 6) is 0.797. The van der Waals surface area contributed by atoms with E-state index in [0.717, 1.165) is 18.0 Å². The summed E-state index contributed by atoms with van der Waals surface area (Å²) in [6.07, 6.45) is 2.54. The lowest BCUT2D eigenvalue weighted by Crippen LogP contribution is -2.25. The maximum atomic E-state index is 11.7. The minimum Gasteiger partial charge on any atom is -0.352 e. The highest BCUT2D eigenvalue weighted by Gasteiger charge is 2.21. The third kappa shape index (κ3) is 2.58. The zero-order valence-corrected chi connectivity index (χ0v) is 9.34. The van der Waals surface area contributed by atoms with Gasteiger partial charge in [-0.25, -0.2) is 0 Å². The number of hydrogen-bond acceptors (Lipinski definition) is 1. The number of aryl methyl sites for hydroxylation is 2. The zero-order chi connectivity index (χ0) is 10.8. The molecule has 2 nitrogen and oxygen atoms in total. The van der Waals surface area contributed by atoms with E-state index in [1.165, 1.54) is 24.0 Å². The second kappa shape index (κ2) is 4.05. The molecule has 1 fully saturated rings. The Morgan fingerprint density at radius 1 is 1.33 bits per heavy atom. The molecular formula is C13H17NO. The van der Waals surface area contributed by atoms with Gasteiger partial charge in [-0.3, -0.25) is 4.79 Å². The summed E-state index contributed by atoms with van der Waals surface area (Å²) in [6, 6.07) is 5.85. The van der Waals surface area contributed by atoms with Gasteiger partial charge in [0.15, 0.2) is 0 Å². The second-order valence-electron chi connectivity index (χ2n) is 4.45. The topological polar surface area (TPSA) is 29.1 Å². The highest BCUT2D eigenvalue weighted by molar-refractivity contribution is 5.94. The Morgan fingerprint density at radius 2 is 2.07 bits per heavy atom. The SMILES string of the molecule is Cc1ccc(C(=O)NCC2CC2)cc1C. The predicted octanol–water partition coefficient (Wildman–Crippen LogP) is 2.44. The van der Waals surface area contributed by atoms with Crippen LogP contribution in [0.4, 0.5) is 0 Å². The van der Waals surface area contributed by atoms with Gasteiger partial charge in [0.05, 0.1) is 0 Å². The maximum absolute atomic E-state index is 11.7. The molecule has 0 spiro atoms. The molecule has 1 aliphatic carbocycles. The summed E-state index contributed by atoms with van der Waals surface area (Å²) < 4.78 is 0. The first-order valence-corrected chi connectivity index (χ1v) is 5.52. The van der Waals surface area contributed by atoms with E-state index in [4.69, 9.17) is 0 Å². The van der Waals surface area contributed by atoms with Gasteiger partial charge in [-0.15, -0.1) is 0 Å². The van der Waals surface area contributed by atoms with Gasteiger partial charge in [-0.1, -0.05) is 6.07 Å². The van der Waals surface area contributed by atoms with E-state index in [9.17, 15) is 4.79 Å². The summed E-state index contributed by atoms with van der Waals surface area (Å²) >= 11 is 0. The fourth-order valence-corrected chi connectivity index (χ4v) is 1.54. The standard InChI is InChI=1S/C13H17NO/c1-9-3-6-12(7-10(9)2)13(15)14-8-11-4-5-11/h3,6-7,11H,4-5,8H2,1-2H3,(H,14,15). The Labute approximate surface area is 90.7 Å². The lowest BCUT2D eigenvalue weighted by atomic mass is 10.1. The van der Waals surface area contributed by atoms with Crippen LogP contribution in [-0.2, 0) is 0 Å². The van der Waals surface area contributed by atoms with Crippen molar-refractivity contribution in [1.29, 1.82) is 0 Å². The van der Waals surface area contributed by atoms with Crippen LogP contribution in [0.2, 0.25) is 0 Å². The summed E-state index contributed by atoms with van der Waals surface area (Å²) in [4.78, 5) is 11.7. The Kier molecular flexibility index (Phi) is 2.76. The van der Waals surface area contributed by atoms with E-state index in [-0.39, 0.29) is 5.91 Å². The molecule has 15 heavy (non-hydrogen) atoms. The molecule has 0 aromatic heterocycles. The van der Waals surface area contributed by atoms with Gasteiger partial charge in [-0.2, -0.15) is 0 Å². The Bertz CT molecular complexity index is 380. The van der Waals surface area contributed by atoms with E-state index in [0.29, 0.717) is 0 Å². The molecule has 1 N–H and O–H groups in total. The molecule has 0 radical (unpaired) electrons.